The molecule has 0 amide bonds. The monoisotopic (exact) mass is 432 g/mol. The summed E-state index contributed by atoms with van der Waals surface area (Å²) in [5, 5.41) is 0. The summed E-state index contributed by atoms with van der Waals surface area (Å²) in [7, 11) is 1.66. The molecule has 1 aromatic rings. The van der Waals surface area contributed by atoms with Gasteiger partial charge in [0.2, 0.25) is 0 Å². The lowest BCUT2D eigenvalue weighted by Gasteiger charge is -2.58. The van der Waals surface area contributed by atoms with E-state index >= 15 is 0 Å². The normalized spacial score (nSPS) is 38.6. The van der Waals surface area contributed by atoms with Crippen molar-refractivity contribution in [3.63, 3.8) is 0 Å². The second kappa shape index (κ2) is 8.01. The lowest BCUT2D eigenvalue weighted by atomic mass is 9.46. The van der Waals surface area contributed by atoms with E-state index in [4.69, 9.17) is 4.74 Å². The Hall–Kier alpha value is -2.16. The highest BCUT2D eigenvalue weighted by atomic mass is 16.5. The van der Waals surface area contributed by atoms with E-state index in [9.17, 15) is 9.59 Å². The fourth-order valence-electron chi connectivity index (χ4n) is 8.04. The number of benzene rings is 1. The molecule has 5 rings (SSSR count). The van der Waals surface area contributed by atoms with Gasteiger partial charge < -0.3 is 4.74 Å². The van der Waals surface area contributed by atoms with Crippen LogP contribution in [0.5, 0.6) is 5.75 Å². The Morgan fingerprint density at radius 2 is 1.78 bits per heavy atom. The Kier molecular flexibility index (Phi) is 5.42. The molecular weight excluding hydrogens is 396 g/mol. The van der Waals surface area contributed by atoms with Gasteiger partial charge in [-0.2, -0.15) is 0 Å². The molecule has 0 spiro atoms. The minimum atomic E-state index is 0.116. The molecule has 0 heterocycles. The fourth-order valence-corrected chi connectivity index (χ4v) is 8.04. The Morgan fingerprint density at radius 3 is 2.53 bits per heavy atom. The molecular formula is C29H36O3. The SMILES string of the molecule is COc1ccc(/C=C/C(=O)[C@H]2CC[C@H]3[C@@H]4CCC5=CC(=O)CC[C@]5(C)[C@H]4CC[C@]23C)cc1. The third kappa shape index (κ3) is 3.40. The number of carbonyl (C=O) groups excluding carboxylic acids is 2. The third-order valence-corrected chi connectivity index (χ3v) is 9.86. The summed E-state index contributed by atoms with van der Waals surface area (Å²) >= 11 is 0. The van der Waals surface area contributed by atoms with Crippen LogP contribution >= 0.6 is 0 Å². The number of hydrogen-bond donors (Lipinski definition) is 0. The maximum Gasteiger partial charge on any atom is 0.159 e. The molecule has 0 aliphatic heterocycles. The van der Waals surface area contributed by atoms with Gasteiger partial charge in [0, 0.05) is 12.3 Å². The minimum absolute atomic E-state index is 0.116. The number of allylic oxidation sites excluding steroid dienone is 2. The van der Waals surface area contributed by atoms with Crippen LogP contribution in [0.15, 0.2) is 42.0 Å². The molecule has 4 aliphatic rings. The molecule has 170 valence electrons. The Bertz CT molecular complexity index is 971. The van der Waals surface area contributed by atoms with Crippen molar-refractivity contribution in [3.05, 3.63) is 47.6 Å². The van der Waals surface area contributed by atoms with Crippen LogP contribution in [0.3, 0.4) is 0 Å². The van der Waals surface area contributed by atoms with E-state index < -0.39 is 0 Å². The maximum absolute atomic E-state index is 13.3. The number of ketones is 2. The zero-order valence-corrected chi connectivity index (χ0v) is 19.7. The number of hydrogen-bond acceptors (Lipinski definition) is 3. The molecule has 0 bridgehead atoms. The number of carbonyl (C=O) groups is 2. The van der Waals surface area contributed by atoms with Crippen LogP contribution in [0.4, 0.5) is 0 Å². The highest BCUT2D eigenvalue weighted by molar-refractivity contribution is 5.96. The molecule has 3 fully saturated rings. The molecule has 4 aliphatic carbocycles. The van der Waals surface area contributed by atoms with Crippen LogP contribution in [0.1, 0.15) is 70.8 Å². The summed E-state index contributed by atoms with van der Waals surface area (Å²) in [5.74, 6) is 3.62. The van der Waals surface area contributed by atoms with Crippen LogP contribution in [0, 0.1) is 34.5 Å². The first-order chi connectivity index (χ1) is 15.3. The number of fused-ring (bicyclic) bond motifs is 5. The summed E-state index contributed by atoms with van der Waals surface area (Å²) in [4.78, 5) is 25.4. The van der Waals surface area contributed by atoms with Crippen LogP contribution in [-0.4, -0.2) is 18.7 Å². The quantitative estimate of drug-likeness (QED) is 0.515. The molecule has 3 saturated carbocycles. The average molecular weight is 433 g/mol. The van der Waals surface area contributed by atoms with Gasteiger partial charge in [0.05, 0.1) is 7.11 Å². The van der Waals surface area contributed by atoms with E-state index in [1.165, 1.54) is 24.8 Å². The third-order valence-electron chi connectivity index (χ3n) is 9.86. The standard InChI is InChI=1S/C29H36O3/c1-28-16-14-21(30)18-20(28)7-10-23-24-11-12-26(29(24,2)17-15-25(23)28)27(31)13-6-19-4-8-22(32-3)9-5-19/h4-6,8-9,13,18,23-26H,7,10-12,14-17H2,1-3H3/b13-6+/t23-,24-,25-,26+,28-,29-/m0/s1. The molecule has 0 saturated heterocycles. The summed E-state index contributed by atoms with van der Waals surface area (Å²) in [6.45, 7) is 4.84. The second-order valence-electron chi connectivity index (χ2n) is 11.2. The van der Waals surface area contributed by atoms with Crippen molar-refractivity contribution in [1.82, 2.24) is 0 Å². The van der Waals surface area contributed by atoms with Gasteiger partial charge in [0.15, 0.2) is 11.6 Å². The van der Waals surface area contributed by atoms with E-state index in [2.05, 4.69) is 13.8 Å². The van der Waals surface area contributed by atoms with E-state index in [1.807, 2.05) is 42.5 Å². The van der Waals surface area contributed by atoms with Gasteiger partial charge in [-0.05, 0) is 103 Å². The van der Waals surface area contributed by atoms with E-state index in [1.54, 1.807) is 7.11 Å². The predicted octanol–water partition coefficient (Wildman–Crippen LogP) is 6.43. The first-order valence-electron chi connectivity index (χ1n) is 12.4. The maximum atomic E-state index is 13.3. The van der Waals surface area contributed by atoms with E-state index in [0.717, 1.165) is 37.0 Å². The van der Waals surface area contributed by atoms with Crippen LogP contribution in [0.25, 0.3) is 6.08 Å². The van der Waals surface area contributed by atoms with Crippen molar-refractivity contribution < 1.29 is 14.3 Å². The molecule has 3 heteroatoms. The van der Waals surface area contributed by atoms with E-state index in [0.29, 0.717) is 35.7 Å². The number of rotatable bonds is 4. The highest BCUT2D eigenvalue weighted by Gasteiger charge is 2.59. The summed E-state index contributed by atoms with van der Waals surface area (Å²) < 4.78 is 5.23. The largest absolute Gasteiger partial charge is 0.497 e. The molecule has 0 unspecified atom stereocenters. The molecule has 0 radical (unpaired) electrons. The molecule has 6 atom stereocenters. The molecule has 1 aromatic carbocycles. The van der Waals surface area contributed by atoms with Gasteiger partial charge in [-0.3, -0.25) is 9.59 Å². The van der Waals surface area contributed by atoms with Crippen molar-refractivity contribution in [2.75, 3.05) is 7.11 Å². The van der Waals surface area contributed by atoms with Gasteiger partial charge in [-0.25, -0.2) is 0 Å². The lowest BCUT2D eigenvalue weighted by Crippen LogP contribution is -2.51. The summed E-state index contributed by atoms with van der Waals surface area (Å²) in [6, 6.07) is 7.86. The highest BCUT2D eigenvalue weighted by Crippen LogP contribution is 2.66. The minimum Gasteiger partial charge on any atom is -0.497 e. The van der Waals surface area contributed by atoms with E-state index in [-0.39, 0.29) is 16.7 Å². The number of ether oxygens (including phenoxy) is 1. The summed E-state index contributed by atoms with van der Waals surface area (Å²) in [6.07, 6.45) is 14.3. The molecule has 3 nitrogen and oxygen atoms in total. The van der Waals surface area contributed by atoms with Crippen LogP contribution < -0.4 is 4.74 Å². The predicted molar refractivity (Wildman–Crippen MR) is 127 cm³/mol. The lowest BCUT2D eigenvalue weighted by molar-refractivity contribution is -0.126. The Labute approximate surface area is 192 Å². The van der Waals surface area contributed by atoms with Crippen LogP contribution in [0.2, 0.25) is 0 Å². The zero-order valence-electron chi connectivity index (χ0n) is 19.7. The first-order valence-corrected chi connectivity index (χ1v) is 12.4. The van der Waals surface area contributed by atoms with Crippen molar-refractivity contribution in [3.8, 4) is 5.75 Å². The van der Waals surface area contributed by atoms with Crippen molar-refractivity contribution in [2.45, 2.75) is 65.2 Å². The van der Waals surface area contributed by atoms with Gasteiger partial charge in [0.1, 0.15) is 5.75 Å². The van der Waals surface area contributed by atoms with Crippen molar-refractivity contribution in [2.24, 2.45) is 34.5 Å². The Balaban J connectivity index is 1.33. The van der Waals surface area contributed by atoms with Crippen LogP contribution in [-0.2, 0) is 9.59 Å². The Morgan fingerprint density at radius 1 is 1.00 bits per heavy atom. The second-order valence-corrected chi connectivity index (χ2v) is 11.2. The fraction of sp³-hybridized carbons (Fsp3) is 0.586. The average Bonchev–Trinajstić information content (AvgIpc) is 3.15. The van der Waals surface area contributed by atoms with Crippen molar-refractivity contribution >= 4 is 17.6 Å². The number of methoxy groups -OCH3 is 1. The first kappa shape index (κ1) is 21.7. The van der Waals surface area contributed by atoms with Gasteiger partial charge in [-0.1, -0.05) is 37.6 Å². The zero-order chi connectivity index (χ0) is 22.5. The molecule has 32 heavy (non-hydrogen) atoms. The van der Waals surface area contributed by atoms with Crippen molar-refractivity contribution in [1.29, 1.82) is 0 Å². The molecule has 0 N–H and O–H groups in total. The van der Waals surface area contributed by atoms with Gasteiger partial charge in [-0.15, -0.1) is 0 Å². The molecule has 0 aromatic heterocycles. The van der Waals surface area contributed by atoms with Gasteiger partial charge >= 0.3 is 0 Å². The van der Waals surface area contributed by atoms with Gasteiger partial charge in [0.25, 0.3) is 0 Å². The smallest absolute Gasteiger partial charge is 0.159 e. The topological polar surface area (TPSA) is 43.4 Å². The summed E-state index contributed by atoms with van der Waals surface area (Å²) in [5.41, 5.74) is 2.78.